The highest BCUT2D eigenvalue weighted by atomic mass is 16.5. The molecule has 3 atom stereocenters. The molecule has 1 aromatic rings. The Kier molecular flexibility index (Phi) is 3.24. The lowest BCUT2D eigenvalue weighted by molar-refractivity contribution is -0.112. The Hall–Kier alpha value is -1.84. The van der Waals surface area contributed by atoms with Crippen LogP contribution in [0, 0.1) is 18.8 Å². The molecule has 2 heterocycles. The van der Waals surface area contributed by atoms with Crippen molar-refractivity contribution in [3.63, 3.8) is 0 Å². The van der Waals surface area contributed by atoms with Gasteiger partial charge in [0.2, 0.25) is 0 Å². The Morgan fingerprint density at radius 1 is 1.45 bits per heavy atom. The number of carbonyl (C=O) groups excluding carboxylic acids is 1. The monoisotopic (exact) mass is 274 g/mol. The van der Waals surface area contributed by atoms with Crippen LogP contribution in [0.2, 0.25) is 0 Å². The Morgan fingerprint density at radius 3 is 3.00 bits per heavy atom. The normalized spacial score (nSPS) is 25.8. The molecule has 4 heteroatoms. The van der Waals surface area contributed by atoms with Crippen molar-refractivity contribution in [2.45, 2.75) is 39.2 Å². The summed E-state index contributed by atoms with van der Waals surface area (Å²) in [5.74, 6) is 1.58. The molecule has 0 aromatic carbocycles. The molecule has 1 aliphatic carbocycles. The Labute approximate surface area is 117 Å². The maximum Gasteiger partial charge on any atom is 0.346 e. The first-order chi connectivity index (χ1) is 9.58. The average Bonchev–Trinajstić information content (AvgIpc) is 2.44. The first-order valence-corrected chi connectivity index (χ1v) is 7.05. The molecule has 2 unspecified atom stereocenters. The number of aryl methyl sites for hydroxylation is 1. The van der Waals surface area contributed by atoms with Crippen molar-refractivity contribution in [3.8, 4) is 5.75 Å². The molecule has 0 spiro atoms. The van der Waals surface area contributed by atoms with Gasteiger partial charge >= 0.3 is 5.63 Å². The van der Waals surface area contributed by atoms with E-state index in [4.69, 9.17) is 9.15 Å². The molecule has 20 heavy (non-hydrogen) atoms. The van der Waals surface area contributed by atoms with E-state index in [9.17, 15) is 9.59 Å². The van der Waals surface area contributed by atoms with Gasteiger partial charge in [0, 0.05) is 12.0 Å². The standard InChI is InChI=1S/C16H18O4/c1-9(8-17)11-3-4-12-6-13-15(20-14(12)7-11)5-10(2)19-16(13)18/h5-6,8-9,11,14H,3-4,7H2,1-2H3/t9?,11-,14?/m0/s1. The van der Waals surface area contributed by atoms with E-state index >= 15 is 0 Å². The summed E-state index contributed by atoms with van der Waals surface area (Å²) in [6, 6.07) is 1.76. The number of carbonyl (C=O) groups is 1. The summed E-state index contributed by atoms with van der Waals surface area (Å²) in [4.78, 5) is 22.8. The molecule has 1 aliphatic heterocycles. The van der Waals surface area contributed by atoms with Crippen molar-refractivity contribution in [1.82, 2.24) is 0 Å². The molecule has 1 fully saturated rings. The van der Waals surface area contributed by atoms with Gasteiger partial charge in [-0.3, -0.25) is 0 Å². The van der Waals surface area contributed by atoms with Gasteiger partial charge in [-0.15, -0.1) is 0 Å². The molecule has 0 radical (unpaired) electrons. The number of ether oxygens (including phenoxy) is 1. The summed E-state index contributed by atoms with van der Waals surface area (Å²) in [6.07, 6.45) is 5.61. The molecule has 0 amide bonds. The van der Waals surface area contributed by atoms with Crippen molar-refractivity contribution >= 4 is 12.4 Å². The van der Waals surface area contributed by atoms with Crippen LogP contribution in [0.25, 0.3) is 6.08 Å². The maximum atomic E-state index is 11.8. The van der Waals surface area contributed by atoms with E-state index in [2.05, 4.69) is 0 Å². The SMILES string of the molecule is Cc1cc2c(c(=O)o1)C=C1CC[C@H](C(C)C=O)CC1O2. The van der Waals surface area contributed by atoms with Gasteiger partial charge in [-0.25, -0.2) is 4.79 Å². The molecule has 0 N–H and O–H groups in total. The van der Waals surface area contributed by atoms with E-state index in [1.807, 2.05) is 13.0 Å². The highest BCUT2D eigenvalue weighted by Crippen LogP contribution is 2.39. The van der Waals surface area contributed by atoms with Gasteiger partial charge in [0.1, 0.15) is 29.5 Å². The number of hydrogen-bond acceptors (Lipinski definition) is 4. The Bertz CT molecular complexity index is 626. The van der Waals surface area contributed by atoms with Crippen LogP contribution in [-0.4, -0.2) is 12.4 Å². The highest BCUT2D eigenvalue weighted by molar-refractivity contribution is 5.62. The van der Waals surface area contributed by atoms with Crippen LogP contribution in [0.1, 0.15) is 37.5 Å². The molecule has 1 saturated carbocycles. The van der Waals surface area contributed by atoms with Gasteiger partial charge in [0.15, 0.2) is 0 Å². The second kappa shape index (κ2) is 4.93. The van der Waals surface area contributed by atoms with Crippen molar-refractivity contribution in [2.24, 2.45) is 11.8 Å². The second-order valence-corrected chi connectivity index (χ2v) is 5.78. The molecule has 106 valence electrons. The summed E-state index contributed by atoms with van der Waals surface area (Å²) in [5.41, 5.74) is 1.32. The topological polar surface area (TPSA) is 56.5 Å². The molecular formula is C16H18O4. The van der Waals surface area contributed by atoms with Crippen LogP contribution >= 0.6 is 0 Å². The van der Waals surface area contributed by atoms with Crippen LogP contribution in [0.3, 0.4) is 0 Å². The first-order valence-electron chi connectivity index (χ1n) is 7.05. The second-order valence-electron chi connectivity index (χ2n) is 5.78. The lowest BCUT2D eigenvalue weighted by atomic mass is 9.77. The predicted molar refractivity (Wildman–Crippen MR) is 74.7 cm³/mol. The summed E-state index contributed by atoms with van der Waals surface area (Å²) >= 11 is 0. The molecule has 0 bridgehead atoms. The molecule has 2 aliphatic rings. The third-order valence-corrected chi connectivity index (χ3v) is 4.36. The van der Waals surface area contributed by atoms with Gasteiger partial charge in [-0.05, 0) is 43.8 Å². The van der Waals surface area contributed by atoms with Crippen LogP contribution in [0.4, 0.5) is 0 Å². The lowest BCUT2D eigenvalue weighted by Gasteiger charge is -2.35. The molecule has 0 saturated heterocycles. The lowest BCUT2D eigenvalue weighted by Crippen LogP contribution is -2.33. The Balaban J connectivity index is 1.91. The largest absolute Gasteiger partial charge is 0.485 e. The molecular weight excluding hydrogens is 256 g/mol. The quantitative estimate of drug-likeness (QED) is 0.778. The minimum absolute atomic E-state index is 0.00940. The van der Waals surface area contributed by atoms with Crippen molar-refractivity contribution in [2.75, 3.05) is 0 Å². The van der Waals surface area contributed by atoms with Crippen molar-refractivity contribution in [1.29, 1.82) is 0 Å². The first kappa shape index (κ1) is 13.2. The zero-order chi connectivity index (χ0) is 14.3. The highest BCUT2D eigenvalue weighted by Gasteiger charge is 2.33. The van der Waals surface area contributed by atoms with Crippen LogP contribution < -0.4 is 10.4 Å². The van der Waals surface area contributed by atoms with Gasteiger partial charge in [0.05, 0.1) is 0 Å². The molecule has 4 nitrogen and oxygen atoms in total. The number of aldehydes is 1. The Morgan fingerprint density at radius 2 is 2.25 bits per heavy atom. The zero-order valence-corrected chi connectivity index (χ0v) is 11.7. The van der Waals surface area contributed by atoms with E-state index in [0.717, 1.165) is 31.1 Å². The summed E-state index contributed by atoms with van der Waals surface area (Å²) in [5, 5.41) is 0. The van der Waals surface area contributed by atoms with Gasteiger partial charge in [0.25, 0.3) is 0 Å². The van der Waals surface area contributed by atoms with Crippen LogP contribution in [0.15, 0.2) is 20.9 Å². The summed E-state index contributed by atoms with van der Waals surface area (Å²) in [6.45, 7) is 3.70. The fourth-order valence-electron chi connectivity index (χ4n) is 3.09. The average molecular weight is 274 g/mol. The van der Waals surface area contributed by atoms with E-state index in [-0.39, 0.29) is 17.6 Å². The molecule has 3 rings (SSSR count). The fraction of sp³-hybridized carbons (Fsp3) is 0.500. The third kappa shape index (κ3) is 2.19. The summed E-state index contributed by atoms with van der Waals surface area (Å²) in [7, 11) is 0. The van der Waals surface area contributed by atoms with Crippen LogP contribution in [0.5, 0.6) is 5.75 Å². The van der Waals surface area contributed by atoms with Crippen molar-refractivity contribution < 1.29 is 13.9 Å². The zero-order valence-electron chi connectivity index (χ0n) is 11.7. The van der Waals surface area contributed by atoms with E-state index in [1.165, 1.54) is 0 Å². The predicted octanol–water partition coefficient (Wildman–Crippen LogP) is 2.73. The third-order valence-electron chi connectivity index (χ3n) is 4.36. The maximum absolute atomic E-state index is 11.8. The van der Waals surface area contributed by atoms with E-state index in [1.54, 1.807) is 13.0 Å². The minimum Gasteiger partial charge on any atom is -0.485 e. The van der Waals surface area contributed by atoms with E-state index in [0.29, 0.717) is 23.0 Å². The fourth-order valence-corrected chi connectivity index (χ4v) is 3.09. The minimum atomic E-state index is -0.339. The van der Waals surface area contributed by atoms with Crippen LogP contribution in [-0.2, 0) is 4.79 Å². The smallest absolute Gasteiger partial charge is 0.346 e. The number of rotatable bonds is 2. The van der Waals surface area contributed by atoms with E-state index < -0.39 is 0 Å². The van der Waals surface area contributed by atoms with Gasteiger partial charge in [-0.2, -0.15) is 0 Å². The van der Waals surface area contributed by atoms with Crippen molar-refractivity contribution in [3.05, 3.63) is 33.4 Å². The van der Waals surface area contributed by atoms with Gasteiger partial charge < -0.3 is 13.9 Å². The van der Waals surface area contributed by atoms with Gasteiger partial charge in [-0.1, -0.05) is 6.92 Å². The number of fused-ring (bicyclic) bond motifs is 2. The summed E-state index contributed by atoms with van der Waals surface area (Å²) < 4.78 is 11.1. The molecule has 1 aromatic heterocycles. The number of hydrogen-bond donors (Lipinski definition) is 0.